The molecule has 180 valence electrons. The van der Waals surface area contributed by atoms with Crippen LogP contribution in [0.2, 0.25) is 16.6 Å². The minimum atomic E-state index is -1.90. The number of hydrogen-bond acceptors (Lipinski definition) is 4. The van der Waals surface area contributed by atoms with Gasteiger partial charge in [0.25, 0.3) is 0 Å². The number of hydrogen-bond donors (Lipinski definition) is 0. The zero-order valence-electron chi connectivity index (χ0n) is 21.7. The Balaban J connectivity index is 1.86. The molecule has 0 saturated heterocycles. The predicted octanol–water partition coefficient (Wildman–Crippen LogP) is 8.60. The van der Waals surface area contributed by atoms with Crippen LogP contribution >= 0.6 is 11.3 Å². The van der Waals surface area contributed by atoms with E-state index >= 15 is 0 Å². The van der Waals surface area contributed by atoms with Gasteiger partial charge in [0.15, 0.2) is 0 Å². The van der Waals surface area contributed by atoms with E-state index in [-0.39, 0.29) is 0 Å². The monoisotopic (exact) mass is 498 g/mol. The van der Waals surface area contributed by atoms with E-state index in [2.05, 4.69) is 77.3 Å². The van der Waals surface area contributed by atoms with Crippen LogP contribution in [0.15, 0.2) is 60.7 Å². The summed E-state index contributed by atoms with van der Waals surface area (Å²) in [6, 6.07) is 20.5. The fraction of sp³-hybridized carbons (Fsp3) is 0.333. The van der Waals surface area contributed by atoms with Crippen LogP contribution < -0.4 is 4.74 Å². The molecular formula is C30H34N2OSSi. The number of fused-ring (bicyclic) bond motifs is 1. The van der Waals surface area contributed by atoms with Crippen molar-refractivity contribution < 1.29 is 4.74 Å². The van der Waals surface area contributed by atoms with Crippen molar-refractivity contribution in [1.29, 1.82) is 0 Å². The first kappa shape index (κ1) is 25.2. The molecule has 4 aromatic rings. The molecule has 0 fully saturated rings. The van der Waals surface area contributed by atoms with Crippen molar-refractivity contribution in [2.45, 2.75) is 58.2 Å². The zero-order chi connectivity index (χ0) is 25.2. The molecule has 2 heterocycles. The molecule has 4 rings (SSSR count). The van der Waals surface area contributed by atoms with E-state index in [9.17, 15) is 0 Å². The summed E-state index contributed by atoms with van der Waals surface area (Å²) in [4.78, 5) is 12.3. The smallest absolute Gasteiger partial charge is 0.146 e. The van der Waals surface area contributed by atoms with E-state index in [1.54, 1.807) is 18.4 Å². The van der Waals surface area contributed by atoms with Crippen LogP contribution in [-0.4, -0.2) is 25.2 Å². The largest absolute Gasteiger partial charge is 0.497 e. The molecule has 5 heteroatoms. The van der Waals surface area contributed by atoms with Gasteiger partial charge in [0.05, 0.1) is 23.0 Å². The van der Waals surface area contributed by atoms with Gasteiger partial charge < -0.3 is 4.74 Å². The first-order chi connectivity index (χ1) is 16.8. The van der Waals surface area contributed by atoms with Crippen molar-refractivity contribution in [3.8, 4) is 38.2 Å². The summed E-state index contributed by atoms with van der Waals surface area (Å²) in [5, 5.41) is 0. The van der Waals surface area contributed by atoms with Gasteiger partial charge in [-0.3, -0.25) is 0 Å². The minimum Gasteiger partial charge on any atom is -0.497 e. The molecule has 3 nitrogen and oxygen atoms in total. The van der Waals surface area contributed by atoms with E-state index in [0.717, 1.165) is 38.6 Å². The molecule has 0 amide bonds. The van der Waals surface area contributed by atoms with Gasteiger partial charge in [-0.05, 0) is 70.7 Å². The minimum absolute atomic E-state index is 0.565. The van der Waals surface area contributed by atoms with Gasteiger partial charge in [-0.2, -0.15) is 0 Å². The van der Waals surface area contributed by atoms with Crippen molar-refractivity contribution in [3.63, 3.8) is 0 Å². The van der Waals surface area contributed by atoms with Gasteiger partial charge in [-0.15, -0.1) is 16.9 Å². The van der Waals surface area contributed by atoms with Crippen molar-refractivity contribution in [3.05, 3.63) is 66.4 Å². The highest BCUT2D eigenvalue weighted by molar-refractivity contribution is 7.18. The maximum Gasteiger partial charge on any atom is 0.146 e. The Morgan fingerprint density at radius 3 is 1.89 bits per heavy atom. The topological polar surface area (TPSA) is 35.0 Å². The van der Waals surface area contributed by atoms with E-state index in [4.69, 9.17) is 14.7 Å². The summed E-state index contributed by atoms with van der Waals surface area (Å²) >= 11 is 1.73. The Morgan fingerprint density at radius 1 is 0.743 bits per heavy atom. The Hall–Kier alpha value is -2.94. The van der Waals surface area contributed by atoms with Crippen molar-refractivity contribution in [2.75, 3.05) is 7.11 Å². The van der Waals surface area contributed by atoms with Gasteiger partial charge >= 0.3 is 0 Å². The van der Waals surface area contributed by atoms with Gasteiger partial charge in [-0.25, -0.2) is 9.97 Å². The third kappa shape index (κ3) is 4.91. The maximum absolute atomic E-state index is 5.31. The highest BCUT2D eigenvalue weighted by Crippen LogP contribution is 2.41. The molecule has 2 aromatic heterocycles. The fourth-order valence-electron chi connectivity index (χ4n) is 5.24. The molecule has 0 atom stereocenters. The number of aromatic nitrogens is 2. The van der Waals surface area contributed by atoms with Gasteiger partial charge in [0.1, 0.15) is 25.2 Å². The number of thiophene rings is 1. The standard InChI is InChI=1S/C30H34N2OSSi/c1-20(2)35(21(3)4,22(5)6)19-18-27-30(32-26-11-9-8-10-25(26)31-27)29-17-16-28(34-29)23-12-14-24(33-7)15-13-23/h8-17,20-22H,1-7H3. The lowest BCUT2D eigenvalue weighted by molar-refractivity contribution is 0.415. The van der Waals surface area contributed by atoms with E-state index in [0.29, 0.717) is 16.6 Å². The molecular weight excluding hydrogens is 464 g/mol. The summed E-state index contributed by atoms with van der Waals surface area (Å²) < 4.78 is 5.31. The van der Waals surface area contributed by atoms with Crippen LogP contribution in [0.4, 0.5) is 0 Å². The Bertz CT molecular complexity index is 1360. The number of nitrogens with zero attached hydrogens (tertiary/aromatic N) is 2. The quantitative estimate of drug-likeness (QED) is 0.197. The Morgan fingerprint density at radius 2 is 1.31 bits per heavy atom. The summed E-state index contributed by atoms with van der Waals surface area (Å²) in [5.74, 6) is 4.44. The normalized spacial score (nSPS) is 11.8. The lowest BCUT2D eigenvalue weighted by atomic mass is 10.2. The van der Waals surface area contributed by atoms with Crippen LogP contribution in [0.3, 0.4) is 0 Å². The van der Waals surface area contributed by atoms with Crippen molar-refractivity contribution in [2.24, 2.45) is 0 Å². The summed E-state index contributed by atoms with van der Waals surface area (Å²) in [6.07, 6.45) is 0. The number of benzene rings is 2. The summed E-state index contributed by atoms with van der Waals surface area (Å²) in [6.45, 7) is 14.0. The van der Waals surface area contributed by atoms with Crippen LogP contribution in [-0.2, 0) is 0 Å². The number of ether oxygens (including phenoxy) is 1. The molecule has 0 saturated carbocycles. The second kappa shape index (κ2) is 10.4. The number of methoxy groups -OCH3 is 1. The number of rotatable bonds is 6. The zero-order valence-corrected chi connectivity index (χ0v) is 23.5. The van der Waals surface area contributed by atoms with Crippen LogP contribution in [0, 0.1) is 11.5 Å². The first-order valence-electron chi connectivity index (χ1n) is 12.3. The molecule has 0 spiro atoms. The van der Waals surface area contributed by atoms with Crippen LogP contribution in [0.5, 0.6) is 5.75 Å². The third-order valence-electron chi connectivity index (χ3n) is 7.05. The van der Waals surface area contributed by atoms with Gasteiger partial charge in [-0.1, -0.05) is 59.6 Å². The van der Waals surface area contributed by atoms with Gasteiger partial charge in [0.2, 0.25) is 0 Å². The second-order valence-electron chi connectivity index (χ2n) is 9.95. The van der Waals surface area contributed by atoms with E-state index < -0.39 is 8.07 Å². The average Bonchev–Trinajstić information content (AvgIpc) is 3.33. The Kier molecular flexibility index (Phi) is 7.44. The average molecular weight is 499 g/mol. The van der Waals surface area contributed by atoms with Crippen molar-refractivity contribution >= 4 is 30.4 Å². The van der Waals surface area contributed by atoms with Crippen molar-refractivity contribution in [1.82, 2.24) is 9.97 Å². The molecule has 0 radical (unpaired) electrons. The summed E-state index contributed by atoms with van der Waals surface area (Å²) in [5.41, 5.74) is 10.1. The summed E-state index contributed by atoms with van der Waals surface area (Å²) in [7, 11) is -0.207. The number of para-hydroxylation sites is 2. The fourth-order valence-corrected chi connectivity index (χ4v) is 11.4. The highest BCUT2D eigenvalue weighted by Gasteiger charge is 2.41. The van der Waals surface area contributed by atoms with Crippen LogP contribution in [0.1, 0.15) is 47.2 Å². The molecule has 0 aliphatic heterocycles. The lowest BCUT2D eigenvalue weighted by Gasteiger charge is -2.38. The van der Waals surface area contributed by atoms with Crippen LogP contribution in [0.25, 0.3) is 32.0 Å². The molecule has 0 aliphatic carbocycles. The predicted molar refractivity (Wildman–Crippen MR) is 153 cm³/mol. The second-order valence-corrected chi connectivity index (χ2v) is 16.6. The van der Waals surface area contributed by atoms with Gasteiger partial charge in [0, 0.05) is 4.88 Å². The lowest BCUT2D eigenvalue weighted by Crippen LogP contribution is -2.43. The Labute approximate surface area is 214 Å². The molecule has 2 aromatic carbocycles. The molecule has 0 N–H and O–H groups in total. The SMILES string of the molecule is COc1ccc(-c2ccc(-c3nc4ccccc4nc3C#C[Si](C(C)C)(C(C)C)C(C)C)s2)cc1. The van der Waals surface area contributed by atoms with E-state index in [1.807, 2.05) is 36.4 Å². The molecule has 0 aliphatic rings. The molecule has 35 heavy (non-hydrogen) atoms. The first-order valence-corrected chi connectivity index (χ1v) is 15.4. The molecule has 0 bridgehead atoms. The van der Waals surface area contributed by atoms with E-state index in [1.165, 1.54) is 4.88 Å². The maximum atomic E-state index is 5.31. The molecule has 0 unspecified atom stereocenters. The third-order valence-corrected chi connectivity index (χ3v) is 14.5. The highest BCUT2D eigenvalue weighted by atomic mass is 32.1.